The normalized spacial score (nSPS) is 10.2. The van der Waals surface area contributed by atoms with Crippen molar-refractivity contribution in [1.29, 1.82) is 0 Å². The van der Waals surface area contributed by atoms with Crippen LogP contribution in [0, 0.1) is 0 Å². The molecule has 0 aliphatic carbocycles. The highest BCUT2D eigenvalue weighted by atomic mass is 14.8. The van der Waals surface area contributed by atoms with Crippen molar-refractivity contribution in [3.63, 3.8) is 0 Å². The number of nitrogens with two attached hydrogens (primary N) is 2. The van der Waals surface area contributed by atoms with Gasteiger partial charge in [0.2, 0.25) is 0 Å². The Kier molecular flexibility index (Phi) is 3.00. The van der Waals surface area contributed by atoms with Gasteiger partial charge in [0.15, 0.2) is 0 Å². The molecule has 4 N–H and O–H groups in total. The summed E-state index contributed by atoms with van der Waals surface area (Å²) in [6.45, 7) is 0. The number of hydrogen-bond acceptors (Lipinski definition) is 4. The third kappa shape index (κ3) is 2.70. The molecular formula is C12H14N4. The van der Waals surface area contributed by atoms with Gasteiger partial charge < -0.3 is 11.5 Å². The SMILES string of the molecule is Nc1cccc(CCc2cccc(N)n2)n1. The maximum absolute atomic E-state index is 5.60. The van der Waals surface area contributed by atoms with Crippen molar-refractivity contribution in [3.05, 3.63) is 47.8 Å². The predicted molar refractivity (Wildman–Crippen MR) is 64.7 cm³/mol. The van der Waals surface area contributed by atoms with Crippen LogP contribution in [0.2, 0.25) is 0 Å². The molecule has 2 heterocycles. The van der Waals surface area contributed by atoms with Crippen LogP contribution in [0.25, 0.3) is 0 Å². The smallest absolute Gasteiger partial charge is 0.123 e. The Morgan fingerprint density at radius 1 is 0.750 bits per heavy atom. The zero-order valence-electron chi connectivity index (χ0n) is 8.93. The molecule has 0 saturated carbocycles. The molecule has 0 spiro atoms. The van der Waals surface area contributed by atoms with Gasteiger partial charge in [-0.25, -0.2) is 9.97 Å². The number of rotatable bonds is 3. The van der Waals surface area contributed by atoms with Gasteiger partial charge in [0.1, 0.15) is 11.6 Å². The van der Waals surface area contributed by atoms with Gasteiger partial charge in [0.25, 0.3) is 0 Å². The van der Waals surface area contributed by atoms with E-state index in [9.17, 15) is 0 Å². The van der Waals surface area contributed by atoms with Crippen molar-refractivity contribution in [2.24, 2.45) is 0 Å². The molecule has 82 valence electrons. The number of aromatic nitrogens is 2. The zero-order valence-corrected chi connectivity index (χ0v) is 8.93. The fourth-order valence-electron chi connectivity index (χ4n) is 1.53. The Morgan fingerprint density at radius 2 is 1.19 bits per heavy atom. The molecule has 16 heavy (non-hydrogen) atoms. The number of anilines is 2. The maximum atomic E-state index is 5.60. The molecule has 0 bridgehead atoms. The van der Waals surface area contributed by atoms with Crippen molar-refractivity contribution in [3.8, 4) is 0 Å². The zero-order chi connectivity index (χ0) is 11.4. The third-order valence-corrected chi connectivity index (χ3v) is 2.29. The Bertz CT molecular complexity index is 436. The summed E-state index contributed by atoms with van der Waals surface area (Å²) in [7, 11) is 0. The van der Waals surface area contributed by atoms with E-state index < -0.39 is 0 Å². The van der Waals surface area contributed by atoms with Crippen LogP contribution in [-0.4, -0.2) is 9.97 Å². The first-order valence-electron chi connectivity index (χ1n) is 5.17. The van der Waals surface area contributed by atoms with Crippen LogP contribution in [0.4, 0.5) is 11.6 Å². The van der Waals surface area contributed by atoms with E-state index in [0.717, 1.165) is 24.2 Å². The average molecular weight is 214 g/mol. The van der Waals surface area contributed by atoms with Gasteiger partial charge >= 0.3 is 0 Å². The highest BCUT2D eigenvalue weighted by Crippen LogP contribution is 2.06. The monoisotopic (exact) mass is 214 g/mol. The summed E-state index contributed by atoms with van der Waals surface area (Å²) in [4.78, 5) is 8.46. The van der Waals surface area contributed by atoms with Crippen LogP contribution in [0.15, 0.2) is 36.4 Å². The van der Waals surface area contributed by atoms with Crippen molar-refractivity contribution < 1.29 is 0 Å². The first-order chi connectivity index (χ1) is 7.74. The molecule has 0 aliphatic rings. The second-order valence-corrected chi connectivity index (χ2v) is 3.61. The summed E-state index contributed by atoms with van der Waals surface area (Å²) in [6.07, 6.45) is 1.64. The Balaban J connectivity index is 2.02. The molecule has 4 heteroatoms. The molecular weight excluding hydrogens is 200 g/mol. The van der Waals surface area contributed by atoms with E-state index in [2.05, 4.69) is 9.97 Å². The summed E-state index contributed by atoms with van der Waals surface area (Å²) >= 11 is 0. The fourth-order valence-corrected chi connectivity index (χ4v) is 1.53. The van der Waals surface area contributed by atoms with E-state index in [-0.39, 0.29) is 0 Å². The van der Waals surface area contributed by atoms with E-state index in [1.54, 1.807) is 12.1 Å². The minimum atomic E-state index is 0.554. The highest BCUT2D eigenvalue weighted by Gasteiger charge is 1.99. The van der Waals surface area contributed by atoms with E-state index in [0.29, 0.717) is 11.6 Å². The topological polar surface area (TPSA) is 77.8 Å². The molecule has 4 nitrogen and oxygen atoms in total. The molecule has 0 aromatic carbocycles. The summed E-state index contributed by atoms with van der Waals surface area (Å²) in [6, 6.07) is 11.3. The quantitative estimate of drug-likeness (QED) is 0.810. The minimum Gasteiger partial charge on any atom is -0.384 e. The Labute approximate surface area is 94.3 Å². The first-order valence-corrected chi connectivity index (χ1v) is 5.17. The second-order valence-electron chi connectivity index (χ2n) is 3.61. The molecule has 0 unspecified atom stereocenters. The highest BCUT2D eigenvalue weighted by molar-refractivity contribution is 5.30. The average Bonchev–Trinajstić information content (AvgIpc) is 2.27. The van der Waals surface area contributed by atoms with Crippen molar-refractivity contribution >= 4 is 11.6 Å². The van der Waals surface area contributed by atoms with Gasteiger partial charge in [-0.3, -0.25) is 0 Å². The number of nitrogens with zero attached hydrogens (tertiary/aromatic N) is 2. The summed E-state index contributed by atoms with van der Waals surface area (Å²) < 4.78 is 0. The van der Waals surface area contributed by atoms with Crippen molar-refractivity contribution in [2.75, 3.05) is 11.5 Å². The molecule has 0 amide bonds. The van der Waals surface area contributed by atoms with Gasteiger partial charge in [0, 0.05) is 11.4 Å². The number of hydrogen-bond donors (Lipinski definition) is 2. The second kappa shape index (κ2) is 4.61. The summed E-state index contributed by atoms with van der Waals surface area (Å²) in [5.74, 6) is 1.11. The van der Waals surface area contributed by atoms with E-state index in [1.165, 1.54) is 0 Å². The van der Waals surface area contributed by atoms with Crippen LogP contribution in [-0.2, 0) is 12.8 Å². The van der Waals surface area contributed by atoms with Gasteiger partial charge in [-0.15, -0.1) is 0 Å². The third-order valence-electron chi connectivity index (χ3n) is 2.29. The first kappa shape index (κ1) is 10.4. The van der Waals surface area contributed by atoms with Crippen LogP contribution in [0.1, 0.15) is 11.4 Å². The van der Waals surface area contributed by atoms with Gasteiger partial charge in [-0.1, -0.05) is 12.1 Å². The number of aryl methyl sites for hydroxylation is 2. The van der Waals surface area contributed by atoms with Crippen LogP contribution >= 0.6 is 0 Å². The lowest BCUT2D eigenvalue weighted by atomic mass is 10.1. The van der Waals surface area contributed by atoms with E-state index in [1.807, 2.05) is 24.3 Å². The lowest BCUT2D eigenvalue weighted by molar-refractivity contribution is 0.884. The molecule has 0 fully saturated rings. The van der Waals surface area contributed by atoms with Crippen molar-refractivity contribution in [2.45, 2.75) is 12.8 Å². The van der Waals surface area contributed by atoms with Crippen molar-refractivity contribution in [1.82, 2.24) is 9.97 Å². The molecule has 2 aromatic heterocycles. The van der Waals surface area contributed by atoms with Gasteiger partial charge in [-0.05, 0) is 37.1 Å². The Morgan fingerprint density at radius 3 is 1.56 bits per heavy atom. The number of nitrogen functional groups attached to an aromatic ring is 2. The molecule has 0 atom stereocenters. The molecule has 0 radical (unpaired) electrons. The predicted octanol–water partition coefficient (Wildman–Crippen LogP) is 1.43. The fraction of sp³-hybridized carbons (Fsp3) is 0.167. The minimum absolute atomic E-state index is 0.554. The van der Waals surface area contributed by atoms with Crippen LogP contribution < -0.4 is 11.5 Å². The standard InChI is InChI=1S/C12H14N4/c13-11-5-1-3-9(15-11)7-8-10-4-2-6-12(14)16-10/h1-6H,7-8H2,(H2,13,15)(H2,14,16). The molecule has 0 saturated heterocycles. The summed E-state index contributed by atoms with van der Waals surface area (Å²) in [5.41, 5.74) is 13.2. The molecule has 2 aromatic rings. The largest absolute Gasteiger partial charge is 0.384 e. The molecule has 0 aliphatic heterocycles. The molecule has 2 rings (SSSR count). The van der Waals surface area contributed by atoms with E-state index in [4.69, 9.17) is 11.5 Å². The number of pyridine rings is 2. The summed E-state index contributed by atoms with van der Waals surface area (Å²) in [5, 5.41) is 0. The maximum Gasteiger partial charge on any atom is 0.123 e. The van der Waals surface area contributed by atoms with Gasteiger partial charge in [-0.2, -0.15) is 0 Å². The lowest BCUT2D eigenvalue weighted by Crippen LogP contribution is -2.00. The van der Waals surface area contributed by atoms with E-state index >= 15 is 0 Å². The lowest BCUT2D eigenvalue weighted by Gasteiger charge is -2.02. The van der Waals surface area contributed by atoms with Crippen LogP contribution in [0.5, 0.6) is 0 Å². The van der Waals surface area contributed by atoms with Crippen LogP contribution in [0.3, 0.4) is 0 Å². The van der Waals surface area contributed by atoms with Gasteiger partial charge in [0.05, 0.1) is 0 Å². The Hall–Kier alpha value is -2.10.